The Balaban J connectivity index is 2.55. The summed E-state index contributed by atoms with van der Waals surface area (Å²) in [5.41, 5.74) is 0.999. The minimum Gasteiger partial charge on any atom is -0.481 e. The quantitative estimate of drug-likeness (QED) is 0.803. The molecule has 0 aliphatic heterocycles. The fraction of sp³-hybridized carbons (Fsp3) is 0.538. The van der Waals surface area contributed by atoms with E-state index in [9.17, 15) is 4.79 Å². The summed E-state index contributed by atoms with van der Waals surface area (Å²) in [7, 11) is 0. The number of aromatic nitrogens is 1. The molecule has 1 unspecified atom stereocenters. The van der Waals surface area contributed by atoms with Crippen molar-refractivity contribution in [2.75, 3.05) is 0 Å². The normalized spacial score (nSPS) is 12.7. The van der Waals surface area contributed by atoms with Crippen LogP contribution in [0, 0.1) is 11.8 Å². The zero-order valence-electron chi connectivity index (χ0n) is 9.89. The van der Waals surface area contributed by atoms with E-state index in [1.165, 1.54) is 0 Å². The van der Waals surface area contributed by atoms with Gasteiger partial charge in [-0.1, -0.05) is 26.3 Å². The molecule has 0 aliphatic carbocycles. The summed E-state index contributed by atoms with van der Waals surface area (Å²) < 4.78 is 0. The van der Waals surface area contributed by atoms with Gasteiger partial charge in [-0.15, -0.1) is 0 Å². The van der Waals surface area contributed by atoms with Gasteiger partial charge in [0, 0.05) is 12.4 Å². The van der Waals surface area contributed by atoms with Crippen molar-refractivity contribution in [3.8, 4) is 0 Å². The van der Waals surface area contributed by atoms with Gasteiger partial charge in [0.05, 0.1) is 5.92 Å². The molecule has 3 heteroatoms. The zero-order valence-corrected chi connectivity index (χ0v) is 9.89. The molecular formula is C13H19NO2. The highest BCUT2D eigenvalue weighted by Crippen LogP contribution is 2.17. The highest BCUT2D eigenvalue weighted by atomic mass is 16.4. The lowest BCUT2D eigenvalue weighted by Crippen LogP contribution is -2.17. The van der Waals surface area contributed by atoms with Crippen LogP contribution in [0.2, 0.25) is 0 Å². The topological polar surface area (TPSA) is 50.2 Å². The van der Waals surface area contributed by atoms with Crippen molar-refractivity contribution in [3.63, 3.8) is 0 Å². The maximum atomic E-state index is 11.1. The van der Waals surface area contributed by atoms with Gasteiger partial charge in [-0.2, -0.15) is 0 Å². The van der Waals surface area contributed by atoms with Crippen LogP contribution >= 0.6 is 0 Å². The Kier molecular flexibility index (Phi) is 4.96. The van der Waals surface area contributed by atoms with Crippen LogP contribution in [0.5, 0.6) is 0 Å². The smallest absolute Gasteiger partial charge is 0.306 e. The second-order valence-corrected chi connectivity index (χ2v) is 4.57. The zero-order chi connectivity index (χ0) is 12.0. The van der Waals surface area contributed by atoms with Crippen molar-refractivity contribution in [1.82, 2.24) is 4.98 Å². The van der Waals surface area contributed by atoms with Crippen molar-refractivity contribution in [1.29, 1.82) is 0 Å². The molecule has 0 aliphatic rings. The van der Waals surface area contributed by atoms with Crippen LogP contribution < -0.4 is 0 Å². The van der Waals surface area contributed by atoms with Crippen LogP contribution in [0.1, 0.15) is 32.3 Å². The lowest BCUT2D eigenvalue weighted by Gasteiger charge is -2.13. The highest BCUT2D eigenvalue weighted by Gasteiger charge is 2.18. The number of hydrogen-bond donors (Lipinski definition) is 1. The number of hydrogen-bond acceptors (Lipinski definition) is 2. The molecule has 0 fully saturated rings. The van der Waals surface area contributed by atoms with Gasteiger partial charge in [-0.25, -0.2) is 0 Å². The Bertz CT molecular complexity index is 322. The maximum Gasteiger partial charge on any atom is 0.306 e. The van der Waals surface area contributed by atoms with Crippen molar-refractivity contribution < 1.29 is 9.90 Å². The van der Waals surface area contributed by atoms with E-state index in [-0.39, 0.29) is 5.92 Å². The molecule has 0 bridgehead atoms. The Morgan fingerprint density at radius 2 is 2.19 bits per heavy atom. The molecular weight excluding hydrogens is 202 g/mol. The van der Waals surface area contributed by atoms with Gasteiger partial charge in [0.15, 0.2) is 0 Å². The first kappa shape index (κ1) is 12.7. The molecule has 1 aromatic rings. The number of rotatable bonds is 6. The monoisotopic (exact) mass is 221 g/mol. The minimum absolute atomic E-state index is 0.286. The third-order valence-corrected chi connectivity index (χ3v) is 2.65. The first-order valence-corrected chi connectivity index (χ1v) is 5.71. The number of carboxylic acid groups (broad SMARTS) is 1. The third kappa shape index (κ3) is 4.43. The van der Waals surface area contributed by atoms with Gasteiger partial charge in [-0.05, 0) is 30.4 Å². The lowest BCUT2D eigenvalue weighted by molar-refractivity contribution is -0.142. The molecule has 0 saturated heterocycles. The largest absolute Gasteiger partial charge is 0.481 e. The molecule has 1 N–H and O–H groups in total. The average molecular weight is 221 g/mol. The Morgan fingerprint density at radius 3 is 2.69 bits per heavy atom. The predicted molar refractivity (Wildman–Crippen MR) is 63.1 cm³/mol. The number of carbonyl (C=O) groups is 1. The van der Waals surface area contributed by atoms with E-state index in [0.29, 0.717) is 12.3 Å². The molecule has 1 aromatic heterocycles. The molecule has 16 heavy (non-hydrogen) atoms. The number of nitrogens with zero attached hydrogens (tertiary/aromatic N) is 1. The predicted octanol–water partition coefficient (Wildman–Crippen LogP) is 2.76. The molecule has 1 atom stereocenters. The fourth-order valence-corrected chi connectivity index (χ4v) is 1.65. The van der Waals surface area contributed by atoms with E-state index in [0.717, 1.165) is 18.4 Å². The Hall–Kier alpha value is -1.38. The fourth-order valence-electron chi connectivity index (χ4n) is 1.65. The van der Waals surface area contributed by atoms with Crippen molar-refractivity contribution in [2.45, 2.75) is 33.1 Å². The molecule has 0 aromatic carbocycles. The lowest BCUT2D eigenvalue weighted by atomic mass is 9.92. The van der Waals surface area contributed by atoms with Crippen molar-refractivity contribution in [2.24, 2.45) is 11.8 Å². The average Bonchev–Trinajstić information content (AvgIpc) is 2.25. The van der Waals surface area contributed by atoms with Crippen LogP contribution in [0.15, 0.2) is 24.5 Å². The summed E-state index contributed by atoms with van der Waals surface area (Å²) in [6, 6.07) is 3.77. The van der Waals surface area contributed by atoms with Gasteiger partial charge in [0.25, 0.3) is 0 Å². The molecule has 0 radical (unpaired) electrons. The molecule has 1 heterocycles. The highest BCUT2D eigenvalue weighted by molar-refractivity contribution is 5.70. The van der Waals surface area contributed by atoms with E-state index < -0.39 is 5.97 Å². The summed E-state index contributed by atoms with van der Waals surface area (Å²) in [6.45, 7) is 4.23. The Labute approximate surface area is 96.5 Å². The number of aliphatic carboxylic acids is 1. The van der Waals surface area contributed by atoms with Gasteiger partial charge in [0.1, 0.15) is 0 Å². The molecule has 0 amide bonds. The SMILES string of the molecule is CC(C)CCC(Cc1cccnc1)C(=O)O. The molecule has 1 rings (SSSR count). The van der Waals surface area contributed by atoms with Gasteiger partial charge in [0.2, 0.25) is 0 Å². The molecule has 0 saturated carbocycles. The van der Waals surface area contributed by atoms with E-state index in [4.69, 9.17) is 5.11 Å². The number of carboxylic acids is 1. The van der Waals surface area contributed by atoms with Gasteiger partial charge in [-0.3, -0.25) is 9.78 Å². The minimum atomic E-state index is -0.704. The second-order valence-electron chi connectivity index (χ2n) is 4.57. The molecule has 88 valence electrons. The summed E-state index contributed by atoms with van der Waals surface area (Å²) in [4.78, 5) is 15.1. The Morgan fingerprint density at radius 1 is 1.44 bits per heavy atom. The standard InChI is InChI=1S/C13H19NO2/c1-10(2)5-6-12(13(15)16)8-11-4-3-7-14-9-11/h3-4,7,9-10,12H,5-6,8H2,1-2H3,(H,15,16). The summed E-state index contributed by atoms with van der Waals surface area (Å²) in [6.07, 6.45) is 5.72. The van der Waals surface area contributed by atoms with E-state index in [2.05, 4.69) is 18.8 Å². The second kappa shape index (κ2) is 6.26. The van der Waals surface area contributed by atoms with Gasteiger partial charge < -0.3 is 5.11 Å². The number of pyridine rings is 1. The maximum absolute atomic E-state index is 11.1. The summed E-state index contributed by atoms with van der Waals surface area (Å²) >= 11 is 0. The first-order chi connectivity index (χ1) is 7.59. The summed E-state index contributed by atoms with van der Waals surface area (Å²) in [5, 5.41) is 9.13. The van der Waals surface area contributed by atoms with E-state index >= 15 is 0 Å². The van der Waals surface area contributed by atoms with Crippen LogP contribution in [0.3, 0.4) is 0 Å². The van der Waals surface area contributed by atoms with Gasteiger partial charge >= 0.3 is 5.97 Å². The molecule has 0 spiro atoms. The van der Waals surface area contributed by atoms with E-state index in [1.54, 1.807) is 12.4 Å². The summed E-state index contributed by atoms with van der Waals surface area (Å²) in [5.74, 6) is -0.438. The van der Waals surface area contributed by atoms with Crippen molar-refractivity contribution in [3.05, 3.63) is 30.1 Å². The third-order valence-electron chi connectivity index (χ3n) is 2.65. The van der Waals surface area contributed by atoms with Crippen molar-refractivity contribution >= 4 is 5.97 Å². The molecule has 3 nitrogen and oxygen atoms in total. The van der Waals surface area contributed by atoms with Crippen LogP contribution in [0.4, 0.5) is 0 Å². The first-order valence-electron chi connectivity index (χ1n) is 5.71. The van der Waals surface area contributed by atoms with Crippen LogP contribution in [-0.2, 0) is 11.2 Å². The van der Waals surface area contributed by atoms with Crippen LogP contribution in [-0.4, -0.2) is 16.1 Å². The van der Waals surface area contributed by atoms with E-state index in [1.807, 2.05) is 12.1 Å². The van der Waals surface area contributed by atoms with Crippen LogP contribution in [0.25, 0.3) is 0 Å².